The number of carbonyl (C=O) groups excluding carboxylic acids is 1. The summed E-state index contributed by atoms with van der Waals surface area (Å²) in [6, 6.07) is 9.36. The van der Waals surface area contributed by atoms with Crippen LogP contribution in [0.2, 0.25) is 0 Å². The summed E-state index contributed by atoms with van der Waals surface area (Å²) in [6.07, 6.45) is 0.144. The second-order valence-corrected chi connectivity index (χ2v) is 7.63. The molecule has 3 aromatic rings. The Labute approximate surface area is 167 Å². The third kappa shape index (κ3) is 3.83. The molecule has 0 radical (unpaired) electrons. The molecule has 2 atom stereocenters. The molecule has 1 aliphatic heterocycles. The summed E-state index contributed by atoms with van der Waals surface area (Å²) in [6.45, 7) is 5.06. The Bertz CT molecular complexity index is 1020. The molecule has 4 rings (SSSR count). The third-order valence-electron chi connectivity index (χ3n) is 5.62. The predicted molar refractivity (Wildman–Crippen MR) is 104 cm³/mol. The molecule has 1 amide bonds. The molecule has 0 spiro atoms. The highest BCUT2D eigenvalue weighted by Crippen LogP contribution is 2.30. The van der Waals surface area contributed by atoms with E-state index in [-0.39, 0.29) is 29.2 Å². The van der Waals surface area contributed by atoms with E-state index in [0.717, 1.165) is 28.5 Å². The Morgan fingerprint density at radius 3 is 2.72 bits per heavy atom. The summed E-state index contributed by atoms with van der Waals surface area (Å²) in [5.41, 5.74) is 2.45. The van der Waals surface area contributed by atoms with E-state index in [1.165, 1.54) is 12.4 Å². The van der Waals surface area contributed by atoms with Crippen LogP contribution in [0.25, 0.3) is 5.78 Å². The molecule has 8 heteroatoms. The van der Waals surface area contributed by atoms with E-state index >= 15 is 0 Å². The molecule has 0 saturated carbocycles. The van der Waals surface area contributed by atoms with E-state index in [4.69, 9.17) is 0 Å². The van der Waals surface area contributed by atoms with Crippen LogP contribution in [-0.2, 0) is 4.79 Å². The van der Waals surface area contributed by atoms with Crippen LogP contribution in [0.15, 0.2) is 36.7 Å². The SMILES string of the molecule is Cc1ccc([C@H](C)C(=O)N2CCC[C@@H](c3cc(C(F)F)n4ncnc4n3)C2)cc1. The van der Waals surface area contributed by atoms with Crippen molar-refractivity contribution in [2.24, 2.45) is 0 Å². The van der Waals surface area contributed by atoms with Crippen molar-refractivity contribution in [3.05, 3.63) is 59.2 Å². The summed E-state index contributed by atoms with van der Waals surface area (Å²) in [7, 11) is 0. The van der Waals surface area contributed by atoms with E-state index in [9.17, 15) is 13.6 Å². The molecule has 0 aliphatic carbocycles. The van der Waals surface area contributed by atoms with Crippen LogP contribution in [0.4, 0.5) is 8.78 Å². The molecule has 29 heavy (non-hydrogen) atoms. The van der Waals surface area contributed by atoms with E-state index in [1.54, 1.807) is 0 Å². The number of halogens is 2. The Morgan fingerprint density at radius 2 is 2.00 bits per heavy atom. The number of fused-ring (bicyclic) bond motifs is 1. The molecule has 0 N–H and O–H groups in total. The Morgan fingerprint density at radius 1 is 1.24 bits per heavy atom. The topological polar surface area (TPSA) is 63.4 Å². The minimum atomic E-state index is -2.68. The van der Waals surface area contributed by atoms with Gasteiger partial charge in [-0.05, 0) is 38.3 Å². The molecule has 0 unspecified atom stereocenters. The van der Waals surface area contributed by atoms with Crippen molar-refractivity contribution in [1.82, 2.24) is 24.5 Å². The van der Waals surface area contributed by atoms with Gasteiger partial charge in [0.25, 0.3) is 12.2 Å². The zero-order chi connectivity index (χ0) is 20.5. The van der Waals surface area contributed by atoms with Gasteiger partial charge in [0.1, 0.15) is 12.0 Å². The first-order valence-electron chi connectivity index (χ1n) is 9.78. The van der Waals surface area contributed by atoms with E-state index in [1.807, 2.05) is 43.0 Å². The fraction of sp³-hybridized carbons (Fsp3) is 0.429. The third-order valence-corrected chi connectivity index (χ3v) is 5.62. The minimum Gasteiger partial charge on any atom is -0.342 e. The van der Waals surface area contributed by atoms with E-state index in [2.05, 4.69) is 15.1 Å². The number of rotatable bonds is 4. The summed E-state index contributed by atoms with van der Waals surface area (Å²) in [5, 5.41) is 3.83. The molecule has 0 bridgehead atoms. The Hall–Kier alpha value is -2.90. The van der Waals surface area contributed by atoms with Crippen molar-refractivity contribution < 1.29 is 13.6 Å². The second kappa shape index (κ2) is 7.85. The van der Waals surface area contributed by atoms with Gasteiger partial charge in [-0.2, -0.15) is 14.6 Å². The van der Waals surface area contributed by atoms with Gasteiger partial charge >= 0.3 is 0 Å². The second-order valence-electron chi connectivity index (χ2n) is 7.63. The predicted octanol–water partition coefficient (Wildman–Crippen LogP) is 3.88. The van der Waals surface area contributed by atoms with Crippen LogP contribution in [0.5, 0.6) is 0 Å². The summed E-state index contributed by atoms with van der Waals surface area (Å²) in [5.74, 6) is -0.138. The lowest BCUT2D eigenvalue weighted by molar-refractivity contribution is -0.133. The molecular formula is C21H23F2N5O. The van der Waals surface area contributed by atoms with Crippen molar-refractivity contribution >= 4 is 11.7 Å². The molecule has 2 aromatic heterocycles. The number of hydrogen-bond acceptors (Lipinski definition) is 4. The van der Waals surface area contributed by atoms with Crippen molar-refractivity contribution in [1.29, 1.82) is 0 Å². The highest BCUT2D eigenvalue weighted by molar-refractivity contribution is 5.83. The average molecular weight is 399 g/mol. The standard InChI is InChI=1S/C21H23F2N5O/c1-13-5-7-15(8-6-13)14(2)20(29)27-9-3-4-16(11-27)17-10-18(19(22)23)28-21(26-17)24-12-25-28/h5-8,10,12,14,16,19H,3-4,9,11H2,1-2H3/t14-,16+/m0/s1. The first-order valence-corrected chi connectivity index (χ1v) is 9.78. The fourth-order valence-corrected chi connectivity index (χ4v) is 3.91. The van der Waals surface area contributed by atoms with Crippen molar-refractivity contribution in [3.8, 4) is 0 Å². The molecule has 1 fully saturated rings. The van der Waals surface area contributed by atoms with Gasteiger partial charge in [-0.15, -0.1) is 0 Å². The molecule has 1 saturated heterocycles. The van der Waals surface area contributed by atoms with E-state index < -0.39 is 6.43 Å². The summed E-state index contributed by atoms with van der Waals surface area (Å²) < 4.78 is 28.0. The molecule has 152 valence electrons. The molecule has 3 heterocycles. The van der Waals surface area contributed by atoms with Crippen molar-refractivity contribution in [2.75, 3.05) is 13.1 Å². The molecule has 1 aromatic carbocycles. The van der Waals surface area contributed by atoms with E-state index in [0.29, 0.717) is 18.8 Å². The zero-order valence-electron chi connectivity index (χ0n) is 16.4. The number of aryl methyl sites for hydroxylation is 1. The van der Waals surface area contributed by atoms with Crippen LogP contribution in [0.1, 0.15) is 60.5 Å². The van der Waals surface area contributed by atoms with Crippen LogP contribution in [0.3, 0.4) is 0 Å². The van der Waals surface area contributed by atoms with Crippen LogP contribution >= 0.6 is 0 Å². The van der Waals surface area contributed by atoms with Gasteiger partial charge < -0.3 is 4.90 Å². The highest BCUT2D eigenvalue weighted by Gasteiger charge is 2.30. The quantitative estimate of drug-likeness (QED) is 0.668. The summed E-state index contributed by atoms with van der Waals surface area (Å²) in [4.78, 5) is 23.3. The van der Waals surface area contributed by atoms with Crippen molar-refractivity contribution in [2.45, 2.75) is 45.0 Å². The molecule has 1 aliphatic rings. The number of alkyl halides is 2. The first kappa shape index (κ1) is 19.4. The lowest BCUT2D eigenvalue weighted by Crippen LogP contribution is -2.41. The number of hydrogen-bond donors (Lipinski definition) is 0. The van der Waals surface area contributed by atoms with Gasteiger partial charge in [0.2, 0.25) is 5.91 Å². The van der Waals surface area contributed by atoms with Gasteiger partial charge in [-0.1, -0.05) is 29.8 Å². The number of aromatic nitrogens is 4. The number of amides is 1. The minimum absolute atomic E-state index is 0.0520. The van der Waals surface area contributed by atoms with Gasteiger partial charge in [0.15, 0.2) is 0 Å². The Balaban J connectivity index is 1.56. The highest BCUT2D eigenvalue weighted by atomic mass is 19.3. The largest absolute Gasteiger partial charge is 0.342 e. The normalized spacial score (nSPS) is 18.4. The zero-order valence-corrected chi connectivity index (χ0v) is 16.4. The van der Waals surface area contributed by atoms with Crippen LogP contribution in [0, 0.1) is 6.92 Å². The molecular weight excluding hydrogens is 376 g/mol. The maximum Gasteiger partial charge on any atom is 0.280 e. The first-order chi connectivity index (χ1) is 13.9. The number of piperidine rings is 1. The fourth-order valence-electron chi connectivity index (χ4n) is 3.91. The van der Waals surface area contributed by atoms with Crippen LogP contribution in [-0.4, -0.2) is 43.5 Å². The van der Waals surface area contributed by atoms with Gasteiger partial charge in [0, 0.05) is 19.0 Å². The van der Waals surface area contributed by atoms with Crippen molar-refractivity contribution in [3.63, 3.8) is 0 Å². The lowest BCUT2D eigenvalue weighted by Gasteiger charge is -2.34. The van der Waals surface area contributed by atoms with Gasteiger partial charge in [0.05, 0.1) is 11.6 Å². The Kier molecular flexibility index (Phi) is 5.25. The van der Waals surface area contributed by atoms with Gasteiger partial charge in [-0.25, -0.2) is 13.8 Å². The van der Waals surface area contributed by atoms with Crippen LogP contribution < -0.4 is 0 Å². The average Bonchev–Trinajstić information content (AvgIpc) is 3.21. The van der Waals surface area contributed by atoms with Gasteiger partial charge in [-0.3, -0.25) is 4.79 Å². The lowest BCUT2D eigenvalue weighted by atomic mass is 9.92. The number of likely N-dealkylation sites (tertiary alicyclic amines) is 1. The summed E-state index contributed by atoms with van der Waals surface area (Å²) >= 11 is 0. The number of nitrogens with zero attached hydrogens (tertiary/aromatic N) is 5. The maximum atomic E-state index is 13.5. The smallest absolute Gasteiger partial charge is 0.280 e. The molecule has 6 nitrogen and oxygen atoms in total. The number of carbonyl (C=O) groups is 1. The monoisotopic (exact) mass is 399 g/mol. The number of benzene rings is 1. The maximum absolute atomic E-state index is 13.5.